The number of hydrogen-bond acceptors (Lipinski definition) is 3. The Bertz CT molecular complexity index is 242. The standard InChI is InChI=1S/C5H7ClF3O3P/c1-4(5(7,8)9)2-11-13(6,10)12-3-4/h2-3H2,1H3. The van der Waals surface area contributed by atoms with Gasteiger partial charge in [0, 0.05) is 11.2 Å². The van der Waals surface area contributed by atoms with Crippen LogP contribution in [-0.2, 0) is 13.6 Å². The van der Waals surface area contributed by atoms with Crippen LogP contribution in [0.2, 0.25) is 0 Å². The van der Waals surface area contributed by atoms with E-state index in [0.29, 0.717) is 0 Å². The number of alkyl halides is 3. The maximum atomic E-state index is 12.3. The Balaban J connectivity index is 2.73. The largest absolute Gasteiger partial charge is 0.424 e. The molecule has 0 radical (unpaired) electrons. The summed E-state index contributed by atoms with van der Waals surface area (Å²) < 4.78 is 56.2. The quantitative estimate of drug-likeness (QED) is 0.609. The molecule has 0 aromatic heterocycles. The van der Waals surface area contributed by atoms with Gasteiger partial charge in [-0.05, 0) is 6.92 Å². The van der Waals surface area contributed by atoms with E-state index in [1.807, 2.05) is 0 Å². The van der Waals surface area contributed by atoms with Crippen molar-refractivity contribution in [2.24, 2.45) is 5.41 Å². The van der Waals surface area contributed by atoms with Crippen LogP contribution in [0.1, 0.15) is 6.92 Å². The molecule has 78 valence electrons. The lowest BCUT2D eigenvalue weighted by atomic mass is 9.92. The summed E-state index contributed by atoms with van der Waals surface area (Å²) in [6.45, 7) is -4.32. The minimum atomic E-state index is -4.45. The second-order valence-corrected chi connectivity index (χ2v) is 5.66. The lowest BCUT2D eigenvalue weighted by Gasteiger charge is -2.35. The van der Waals surface area contributed by atoms with Crippen molar-refractivity contribution < 1.29 is 26.8 Å². The van der Waals surface area contributed by atoms with E-state index in [1.54, 1.807) is 0 Å². The van der Waals surface area contributed by atoms with Crippen molar-refractivity contribution in [3.8, 4) is 0 Å². The highest BCUT2D eigenvalue weighted by molar-refractivity contribution is 7.81. The average molecular weight is 239 g/mol. The lowest BCUT2D eigenvalue weighted by molar-refractivity contribution is -0.242. The third kappa shape index (κ3) is 2.37. The van der Waals surface area contributed by atoms with Gasteiger partial charge in [0.25, 0.3) is 0 Å². The minimum absolute atomic E-state index is 0.739. The van der Waals surface area contributed by atoms with Gasteiger partial charge in [0.1, 0.15) is 5.41 Å². The van der Waals surface area contributed by atoms with Crippen LogP contribution in [0.25, 0.3) is 0 Å². The molecule has 0 atom stereocenters. The van der Waals surface area contributed by atoms with E-state index in [1.165, 1.54) is 0 Å². The predicted molar refractivity (Wildman–Crippen MR) is 39.5 cm³/mol. The molecule has 1 aliphatic rings. The fraction of sp³-hybridized carbons (Fsp3) is 1.00. The van der Waals surface area contributed by atoms with Crippen molar-refractivity contribution in [2.45, 2.75) is 13.1 Å². The number of halogens is 4. The highest BCUT2D eigenvalue weighted by Gasteiger charge is 2.55. The highest BCUT2D eigenvalue weighted by atomic mass is 35.7. The number of hydrogen-bond donors (Lipinski definition) is 0. The normalized spacial score (nSPS) is 41.9. The molecule has 3 nitrogen and oxygen atoms in total. The van der Waals surface area contributed by atoms with Crippen LogP contribution in [0.15, 0.2) is 0 Å². The SMILES string of the molecule is CC1(C(F)(F)F)COP(=O)(Cl)OC1. The van der Waals surface area contributed by atoms with Gasteiger partial charge in [-0.25, -0.2) is 4.57 Å². The molecular weight excluding hydrogens is 231 g/mol. The zero-order valence-corrected chi connectivity index (χ0v) is 8.25. The molecule has 1 rings (SSSR count). The van der Waals surface area contributed by atoms with E-state index < -0.39 is 31.8 Å². The summed E-state index contributed by atoms with van der Waals surface area (Å²) in [5.41, 5.74) is -2.13. The summed E-state index contributed by atoms with van der Waals surface area (Å²) in [5, 5.41) is 0. The van der Waals surface area contributed by atoms with Gasteiger partial charge in [-0.2, -0.15) is 13.2 Å². The van der Waals surface area contributed by atoms with Crippen molar-refractivity contribution in [1.82, 2.24) is 0 Å². The Morgan fingerprint density at radius 2 is 1.77 bits per heavy atom. The van der Waals surface area contributed by atoms with E-state index in [-0.39, 0.29) is 0 Å². The van der Waals surface area contributed by atoms with Crippen molar-refractivity contribution in [1.29, 1.82) is 0 Å². The van der Waals surface area contributed by atoms with Gasteiger partial charge >= 0.3 is 13.1 Å². The van der Waals surface area contributed by atoms with Crippen LogP contribution in [-0.4, -0.2) is 19.4 Å². The van der Waals surface area contributed by atoms with Crippen LogP contribution >= 0.6 is 18.2 Å². The summed E-state index contributed by atoms with van der Waals surface area (Å²) in [7, 11) is 0. The van der Waals surface area contributed by atoms with Crippen LogP contribution < -0.4 is 0 Å². The van der Waals surface area contributed by atoms with E-state index >= 15 is 0 Å². The summed E-state index contributed by atoms with van der Waals surface area (Å²) >= 11 is 5.09. The van der Waals surface area contributed by atoms with Crippen molar-refractivity contribution in [3.63, 3.8) is 0 Å². The molecule has 8 heteroatoms. The van der Waals surface area contributed by atoms with E-state index in [0.717, 1.165) is 6.92 Å². The van der Waals surface area contributed by atoms with Crippen LogP contribution in [0.4, 0.5) is 13.2 Å². The maximum absolute atomic E-state index is 12.3. The Labute approximate surface area is 77.5 Å². The van der Waals surface area contributed by atoms with Gasteiger partial charge in [0.05, 0.1) is 13.2 Å². The van der Waals surface area contributed by atoms with Crippen molar-refractivity contribution >= 4 is 18.2 Å². The summed E-state index contributed by atoms with van der Waals surface area (Å²) in [6, 6.07) is 0. The first-order valence-electron chi connectivity index (χ1n) is 3.32. The summed E-state index contributed by atoms with van der Waals surface area (Å²) in [5.74, 6) is 0. The third-order valence-corrected chi connectivity index (χ3v) is 3.22. The Hall–Kier alpha value is 0.230. The lowest BCUT2D eigenvalue weighted by Crippen LogP contribution is -2.44. The average Bonchev–Trinajstić information content (AvgIpc) is 1.94. The molecule has 0 spiro atoms. The van der Waals surface area contributed by atoms with E-state index in [9.17, 15) is 17.7 Å². The second kappa shape index (κ2) is 3.12. The monoisotopic (exact) mass is 238 g/mol. The van der Waals surface area contributed by atoms with Crippen LogP contribution in [0.3, 0.4) is 0 Å². The topological polar surface area (TPSA) is 35.5 Å². The van der Waals surface area contributed by atoms with Gasteiger partial charge in [0.2, 0.25) is 0 Å². The second-order valence-electron chi connectivity index (χ2n) is 3.04. The predicted octanol–water partition coefficient (Wildman–Crippen LogP) is 2.95. The Morgan fingerprint density at radius 1 is 1.38 bits per heavy atom. The molecule has 0 aliphatic carbocycles. The molecule has 0 saturated carbocycles. The zero-order valence-electron chi connectivity index (χ0n) is 6.60. The fourth-order valence-corrected chi connectivity index (χ4v) is 1.93. The Kier molecular flexibility index (Phi) is 2.71. The van der Waals surface area contributed by atoms with Crippen molar-refractivity contribution in [3.05, 3.63) is 0 Å². The van der Waals surface area contributed by atoms with Gasteiger partial charge < -0.3 is 0 Å². The third-order valence-electron chi connectivity index (χ3n) is 1.76. The molecule has 0 aromatic carbocycles. The van der Waals surface area contributed by atoms with E-state index in [2.05, 4.69) is 9.05 Å². The van der Waals surface area contributed by atoms with Gasteiger partial charge in [-0.15, -0.1) is 0 Å². The minimum Gasteiger partial charge on any atom is -0.296 e. The summed E-state index contributed by atoms with van der Waals surface area (Å²) in [6.07, 6.45) is -4.45. The molecule has 0 aromatic rings. The molecule has 0 unspecified atom stereocenters. The summed E-state index contributed by atoms with van der Waals surface area (Å²) in [4.78, 5) is 0. The molecule has 1 aliphatic heterocycles. The first-order valence-corrected chi connectivity index (χ1v) is 5.77. The smallest absolute Gasteiger partial charge is 0.296 e. The molecule has 0 amide bonds. The molecular formula is C5H7ClF3O3P. The molecule has 0 bridgehead atoms. The van der Waals surface area contributed by atoms with Crippen molar-refractivity contribution in [2.75, 3.05) is 13.2 Å². The molecule has 1 fully saturated rings. The maximum Gasteiger partial charge on any atom is 0.424 e. The zero-order chi connectivity index (χ0) is 10.3. The molecule has 1 saturated heterocycles. The highest BCUT2D eigenvalue weighted by Crippen LogP contribution is 2.60. The fourth-order valence-electron chi connectivity index (χ4n) is 0.682. The van der Waals surface area contributed by atoms with Crippen LogP contribution in [0.5, 0.6) is 0 Å². The first kappa shape index (κ1) is 11.3. The molecule has 1 heterocycles. The number of rotatable bonds is 0. The van der Waals surface area contributed by atoms with Gasteiger partial charge in [-0.3, -0.25) is 9.05 Å². The van der Waals surface area contributed by atoms with Crippen LogP contribution in [0, 0.1) is 5.41 Å². The first-order chi connectivity index (χ1) is 5.66. The van der Waals surface area contributed by atoms with Gasteiger partial charge in [0.15, 0.2) is 0 Å². The Morgan fingerprint density at radius 3 is 2.08 bits per heavy atom. The van der Waals surface area contributed by atoms with Gasteiger partial charge in [-0.1, -0.05) is 0 Å². The van der Waals surface area contributed by atoms with E-state index in [4.69, 9.17) is 11.2 Å². The molecule has 0 N–H and O–H groups in total. The molecule has 13 heavy (non-hydrogen) atoms.